The molecule has 1 fully saturated rings. The average molecular weight is 384 g/mol. The summed E-state index contributed by atoms with van der Waals surface area (Å²) in [5.41, 5.74) is 3.51. The van der Waals surface area contributed by atoms with Crippen molar-refractivity contribution in [2.24, 2.45) is 0 Å². The second kappa shape index (κ2) is 7.53. The molecule has 0 saturated carbocycles. The van der Waals surface area contributed by atoms with Crippen molar-refractivity contribution in [2.75, 3.05) is 13.1 Å². The quantitative estimate of drug-likeness (QED) is 0.700. The minimum Gasteiger partial charge on any atom is -0.338 e. The number of likely N-dealkylation sites (tertiary alicyclic amines) is 1. The van der Waals surface area contributed by atoms with Gasteiger partial charge in [-0.3, -0.25) is 9.89 Å². The Hall–Kier alpha value is -2.66. The largest absolute Gasteiger partial charge is 0.338 e. The Morgan fingerprint density at radius 1 is 1.15 bits per heavy atom. The lowest BCUT2D eigenvalue weighted by atomic mass is 9.90. The molecular weight excluding hydrogens is 365 g/mol. The molecule has 2 aromatic carbocycles. The zero-order valence-electron chi connectivity index (χ0n) is 14.7. The predicted molar refractivity (Wildman–Crippen MR) is 103 cm³/mol. The Bertz CT molecular complexity index is 937. The predicted octanol–water partition coefficient (Wildman–Crippen LogP) is 4.89. The number of H-pyrrole nitrogens is 1. The van der Waals surface area contributed by atoms with Gasteiger partial charge in [0.15, 0.2) is 0 Å². The number of carbonyl (C=O) groups excluding carboxylic acids is 1. The van der Waals surface area contributed by atoms with Crippen molar-refractivity contribution >= 4 is 17.5 Å². The van der Waals surface area contributed by atoms with E-state index in [1.807, 2.05) is 4.90 Å². The van der Waals surface area contributed by atoms with Gasteiger partial charge in [-0.1, -0.05) is 23.7 Å². The molecule has 1 atom stereocenters. The number of hydrogen-bond donors (Lipinski definition) is 1. The summed E-state index contributed by atoms with van der Waals surface area (Å²) in [7, 11) is 0. The second-order valence-electron chi connectivity index (χ2n) is 6.80. The molecule has 4 nitrogen and oxygen atoms in total. The van der Waals surface area contributed by atoms with Gasteiger partial charge in [0.1, 0.15) is 5.82 Å². The monoisotopic (exact) mass is 383 g/mol. The first-order valence-electron chi connectivity index (χ1n) is 8.96. The van der Waals surface area contributed by atoms with Gasteiger partial charge in [0.25, 0.3) is 5.91 Å². The van der Waals surface area contributed by atoms with Crippen LogP contribution in [0.5, 0.6) is 0 Å². The fraction of sp³-hybridized carbons (Fsp3) is 0.238. The maximum absolute atomic E-state index is 13.2. The molecule has 27 heavy (non-hydrogen) atoms. The Morgan fingerprint density at radius 2 is 1.89 bits per heavy atom. The van der Waals surface area contributed by atoms with E-state index in [0.29, 0.717) is 17.1 Å². The van der Waals surface area contributed by atoms with Crippen LogP contribution < -0.4 is 0 Å². The normalized spacial score (nSPS) is 17.1. The third-order valence-corrected chi connectivity index (χ3v) is 5.28. The fourth-order valence-corrected chi connectivity index (χ4v) is 3.77. The molecule has 0 radical (unpaired) electrons. The van der Waals surface area contributed by atoms with Crippen LogP contribution in [-0.4, -0.2) is 34.1 Å². The average Bonchev–Trinajstić information content (AvgIpc) is 3.18. The Labute approximate surface area is 162 Å². The third kappa shape index (κ3) is 3.74. The van der Waals surface area contributed by atoms with Crippen molar-refractivity contribution in [1.29, 1.82) is 0 Å². The van der Waals surface area contributed by atoms with Crippen LogP contribution in [0.2, 0.25) is 5.02 Å². The second-order valence-corrected chi connectivity index (χ2v) is 7.24. The van der Waals surface area contributed by atoms with Crippen LogP contribution in [0.4, 0.5) is 4.39 Å². The van der Waals surface area contributed by atoms with E-state index in [2.05, 4.69) is 10.2 Å². The summed E-state index contributed by atoms with van der Waals surface area (Å²) in [6.07, 6.45) is 3.66. The van der Waals surface area contributed by atoms with Crippen LogP contribution in [0.3, 0.4) is 0 Å². The smallest absolute Gasteiger partial charge is 0.253 e. The van der Waals surface area contributed by atoms with Crippen LogP contribution in [0.15, 0.2) is 54.7 Å². The standard InChI is InChI=1S/C21H19ClFN3O/c22-17-7-3-15(4-8-17)21(27)26-11-1-2-16(13-26)20-19(12-24-25-20)14-5-9-18(23)10-6-14/h3-10,12,16H,1-2,11,13H2,(H,24,25). The van der Waals surface area contributed by atoms with Crippen LogP contribution in [0, 0.1) is 5.82 Å². The van der Waals surface area contributed by atoms with Crippen molar-refractivity contribution in [3.8, 4) is 11.1 Å². The zero-order chi connectivity index (χ0) is 18.8. The minimum atomic E-state index is -0.263. The lowest BCUT2D eigenvalue weighted by molar-refractivity contribution is 0.0706. The lowest BCUT2D eigenvalue weighted by Crippen LogP contribution is -2.39. The third-order valence-electron chi connectivity index (χ3n) is 5.03. The van der Waals surface area contributed by atoms with Gasteiger partial charge in [0.05, 0.1) is 6.20 Å². The van der Waals surface area contributed by atoms with Gasteiger partial charge in [0, 0.05) is 40.9 Å². The molecular formula is C21H19ClFN3O. The molecule has 2 heterocycles. The highest BCUT2D eigenvalue weighted by atomic mass is 35.5. The highest BCUT2D eigenvalue weighted by Gasteiger charge is 2.28. The summed E-state index contributed by atoms with van der Waals surface area (Å²) >= 11 is 5.92. The number of aromatic nitrogens is 2. The molecule has 4 rings (SSSR count). The zero-order valence-corrected chi connectivity index (χ0v) is 15.4. The van der Waals surface area contributed by atoms with Gasteiger partial charge < -0.3 is 4.90 Å². The van der Waals surface area contributed by atoms with Gasteiger partial charge in [-0.25, -0.2) is 4.39 Å². The Kier molecular flexibility index (Phi) is 4.94. The number of halogens is 2. The molecule has 0 bridgehead atoms. The number of benzene rings is 2. The van der Waals surface area contributed by atoms with Crippen molar-refractivity contribution in [1.82, 2.24) is 15.1 Å². The molecule has 1 N–H and O–H groups in total. The topological polar surface area (TPSA) is 49.0 Å². The van der Waals surface area contributed by atoms with E-state index in [1.54, 1.807) is 42.6 Å². The summed E-state index contributed by atoms with van der Waals surface area (Å²) in [6.45, 7) is 1.36. The van der Waals surface area contributed by atoms with Gasteiger partial charge >= 0.3 is 0 Å². The molecule has 138 valence electrons. The van der Waals surface area contributed by atoms with Crippen LogP contribution in [0.1, 0.15) is 34.8 Å². The number of hydrogen-bond acceptors (Lipinski definition) is 2. The van der Waals surface area contributed by atoms with E-state index in [4.69, 9.17) is 11.6 Å². The van der Waals surface area contributed by atoms with Gasteiger partial charge in [-0.15, -0.1) is 0 Å². The Balaban J connectivity index is 1.55. The number of amides is 1. The van der Waals surface area contributed by atoms with E-state index in [9.17, 15) is 9.18 Å². The first-order chi connectivity index (χ1) is 13.1. The molecule has 1 aliphatic heterocycles. The summed E-state index contributed by atoms with van der Waals surface area (Å²) in [4.78, 5) is 14.7. The summed E-state index contributed by atoms with van der Waals surface area (Å²) in [6, 6.07) is 13.4. The molecule has 1 amide bonds. The maximum Gasteiger partial charge on any atom is 0.253 e. The molecule has 1 aliphatic rings. The fourth-order valence-electron chi connectivity index (χ4n) is 3.64. The number of carbonyl (C=O) groups is 1. The van der Waals surface area contributed by atoms with E-state index < -0.39 is 0 Å². The molecule has 1 saturated heterocycles. The van der Waals surface area contributed by atoms with E-state index in [1.165, 1.54) is 12.1 Å². The number of nitrogens with zero attached hydrogens (tertiary/aromatic N) is 2. The molecule has 1 unspecified atom stereocenters. The van der Waals surface area contributed by atoms with E-state index in [-0.39, 0.29) is 17.6 Å². The maximum atomic E-state index is 13.2. The Morgan fingerprint density at radius 3 is 2.63 bits per heavy atom. The SMILES string of the molecule is O=C(c1ccc(Cl)cc1)N1CCCC(c2[nH]ncc2-c2ccc(F)cc2)C1. The number of aromatic amines is 1. The molecule has 1 aromatic heterocycles. The van der Waals surface area contributed by atoms with Crippen LogP contribution in [0.25, 0.3) is 11.1 Å². The lowest BCUT2D eigenvalue weighted by Gasteiger charge is -2.33. The first kappa shape index (κ1) is 17.7. The van der Waals surface area contributed by atoms with Crippen LogP contribution >= 0.6 is 11.6 Å². The van der Waals surface area contributed by atoms with E-state index in [0.717, 1.165) is 36.2 Å². The highest BCUT2D eigenvalue weighted by molar-refractivity contribution is 6.30. The first-order valence-corrected chi connectivity index (χ1v) is 9.33. The van der Waals surface area contributed by atoms with Gasteiger partial charge in [0.2, 0.25) is 0 Å². The van der Waals surface area contributed by atoms with Gasteiger partial charge in [-0.2, -0.15) is 5.10 Å². The highest BCUT2D eigenvalue weighted by Crippen LogP contribution is 2.33. The van der Waals surface area contributed by atoms with Crippen molar-refractivity contribution in [2.45, 2.75) is 18.8 Å². The summed E-state index contributed by atoms with van der Waals surface area (Å²) in [5.74, 6) is -0.0852. The molecule has 3 aromatic rings. The summed E-state index contributed by atoms with van der Waals surface area (Å²) in [5, 5.41) is 7.91. The summed E-state index contributed by atoms with van der Waals surface area (Å²) < 4.78 is 13.2. The van der Waals surface area contributed by atoms with Crippen molar-refractivity contribution in [3.63, 3.8) is 0 Å². The molecule has 6 heteroatoms. The number of rotatable bonds is 3. The van der Waals surface area contributed by atoms with Crippen LogP contribution in [-0.2, 0) is 0 Å². The molecule has 0 spiro atoms. The number of piperidine rings is 1. The van der Waals surface area contributed by atoms with E-state index >= 15 is 0 Å². The number of nitrogens with one attached hydrogen (secondary N) is 1. The van der Waals surface area contributed by atoms with Gasteiger partial charge in [-0.05, 0) is 54.8 Å². The van der Waals surface area contributed by atoms with Crippen molar-refractivity contribution in [3.05, 3.63) is 76.8 Å². The minimum absolute atomic E-state index is 0.0132. The van der Waals surface area contributed by atoms with Crippen molar-refractivity contribution < 1.29 is 9.18 Å². The molecule has 0 aliphatic carbocycles.